The van der Waals surface area contributed by atoms with Crippen molar-refractivity contribution >= 4 is 17.6 Å². The fourth-order valence-corrected chi connectivity index (χ4v) is 1.63. The number of nitrogens with zero attached hydrogens (tertiary/aromatic N) is 1. The summed E-state index contributed by atoms with van der Waals surface area (Å²) in [6, 6.07) is 6.61. The molecule has 0 bridgehead atoms. The standard InChI is InChI=1S/C14H19NO5/c1-4-19-10(2)14(18)15(3)11-5-7-12(8-6-11)20-9-13(16)17/h5-8,10H,4,9H2,1-3H3,(H,16,17). The summed E-state index contributed by atoms with van der Waals surface area (Å²) in [5.74, 6) is -0.743. The molecule has 0 aliphatic carbocycles. The molecule has 1 aromatic rings. The second kappa shape index (κ2) is 7.49. The Morgan fingerprint density at radius 3 is 2.40 bits per heavy atom. The van der Waals surface area contributed by atoms with E-state index in [2.05, 4.69) is 0 Å². The van der Waals surface area contributed by atoms with Gasteiger partial charge in [-0.25, -0.2) is 4.79 Å². The second-order valence-corrected chi connectivity index (χ2v) is 4.17. The van der Waals surface area contributed by atoms with Crippen molar-refractivity contribution in [2.45, 2.75) is 20.0 Å². The Bertz CT molecular complexity index is 457. The number of carboxylic acid groups (broad SMARTS) is 1. The van der Waals surface area contributed by atoms with Gasteiger partial charge in [-0.05, 0) is 38.1 Å². The van der Waals surface area contributed by atoms with Crippen molar-refractivity contribution in [2.24, 2.45) is 0 Å². The van der Waals surface area contributed by atoms with Crippen LogP contribution in [0.15, 0.2) is 24.3 Å². The van der Waals surface area contributed by atoms with Crippen LogP contribution in [0.5, 0.6) is 5.75 Å². The molecule has 0 saturated carbocycles. The minimum Gasteiger partial charge on any atom is -0.482 e. The average Bonchev–Trinajstić information content (AvgIpc) is 2.44. The molecule has 0 aliphatic heterocycles. The molecule has 1 unspecified atom stereocenters. The van der Waals surface area contributed by atoms with Crippen LogP contribution >= 0.6 is 0 Å². The third-order valence-electron chi connectivity index (χ3n) is 2.68. The minimum atomic E-state index is -1.04. The van der Waals surface area contributed by atoms with Gasteiger partial charge in [-0.1, -0.05) is 0 Å². The van der Waals surface area contributed by atoms with E-state index >= 15 is 0 Å². The van der Waals surface area contributed by atoms with Crippen molar-refractivity contribution in [3.05, 3.63) is 24.3 Å². The first kappa shape index (κ1) is 16.0. The number of carbonyl (C=O) groups excluding carboxylic acids is 1. The summed E-state index contributed by atoms with van der Waals surface area (Å²) >= 11 is 0. The van der Waals surface area contributed by atoms with Crippen LogP contribution in [0.1, 0.15) is 13.8 Å². The van der Waals surface area contributed by atoms with Crippen LogP contribution in [-0.4, -0.2) is 43.3 Å². The lowest BCUT2D eigenvalue weighted by Crippen LogP contribution is -2.36. The predicted molar refractivity (Wildman–Crippen MR) is 74.1 cm³/mol. The van der Waals surface area contributed by atoms with Gasteiger partial charge in [-0.15, -0.1) is 0 Å². The highest BCUT2D eigenvalue weighted by molar-refractivity contribution is 5.95. The molecule has 0 spiro atoms. The Morgan fingerprint density at radius 1 is 1.30 bits per heavy atom. The smallest absolute Gasteiger partial charge is 0.341 e. The highest BCUT2D eigenvalue weighted by atomic mass is 16.5. The monoisotopic (exact) mass is 281 g/mol. The van der Waals surface area contributed by atoms with Crippen LogP contribution in [0.4, 0.5) is 5.69 Å². The Balaban J connectivity index is 2.67. The molecule has 1 N–H and O–H groups in total. The number of likely N-dealkylation sites (N-methyl/N-ethyl adjacent to an activating group) is 1. The van der Waals surface area contributed by atoms with E-state index in [9.17, 15) is 9.59 Å². The Morgan fingerprint density at radius 2 is 1.90 bits per heavy atom. The van der Waals surface area contributed by atoms with Gasteiger partial charge in [0.15, 0.2) is 6.61 Å². The van der Waals surface area contributed by atoms with Gasteiger partial charge in [0.05, 0.1) is 0 Å². The van der Waals surface area contributed by atoms with Crippen LogP contribution in [0.2, 0.25) is 0 Å². The van der Waals surface area contributed by atoms with Gasteiger partial charge >= 0.3 is 5.97 Å². The van der Waals surface area contributed by atoms with E-state index in [-0.39, 0.29) is 5.91 Å². The lowest BCUT2D eigenvalue weighted by atomic mass is 10.2. The summed E-state index contributed by atoms with van der Waals surface area (Å²) in [5, 5.41) is 8.51. The summed E-state index contributed by atoms with van der Waals surface area (Å²) < 4.78 is 10.3. The van der Waals surface area contributed by atoms with Crippen LogP contribution in [-0.2, 0) is 14.3 Å². The number of hydrogen-bond donors (Lipinski definition) is 1. The third kappa shape index (κ3) is 4.55. The summed E-state index contributed by atoms with van der Waals surface area (Å²) in [7, 11) is 1.66. The topological polar surface area (TPSA) is 76.1 Å². The maximum absolute atomic E-state index is 12.0. The first-order valence-electron chi connectivity index (χ1n) is 6.29. The summed E-state index contributed by atoms with van der Waals surface area (Å²) in [5.41, 5.74) is 0.684. The van der Waals surface area contributed by atoms with Crippen LogP contribution < -0.4 is 9.64 Å². The molecule has 0 aliphatic rings. The largest absolute Gasteiger partial charge is 0.482 e. The number of carboxylic acids is 1. The van der Waals surface area contributed by atoms with Gasteiger partial charge in [0.25, 0.3) is 5.91 Å². The number of ether oxygens (including phenoxy) is 2. The molecule has 0 saturated heterocycles. The zero-order chi connectivity index (χ0) is 15.1. The van der Waals surface area contributed by atoms with E-state index < -0.39 is 18.7 Å². The number of carbonyl (C=O) groups is 2. The molecule has 1 rings (SSSR count). The van der Waals surface area contributed by atoms with E-state index in [1.54, 1.807) is 38.2 Å². The van der Waals surface area contributed by atoms with E-state index in [1.807, 2.05) is 6.92 Å². The number of rotatable bonds is 7. The summed E-state index contributed by atoms with van der Waals surface area (Å²) in [6.45, 7) is 3.61. The van der Waals surface area contributed by atoms with Gasteiger partial charge in [0.2, 0.25) is 0 Å². The third-order valence-corrected chi connectivity index (χ3v) is 2.68. The van der Waals surface area contributed by atoms with E-state index in [4.69, 9.17) is 14.6 Å². The van der Waals surface area contributed by atoms with E-state index in [0.29, 0.717) is 18.0 Å². The van der Waals surface area contributed by atoms with Crippen molar-refractivity contribution in [3.63, 3.8) is 0 Å². The SMILES string of the molecule is CCOC(C)C(=O)N(C)c1ccc(OCC(=O)O)cc1. The highest BCUT2D eigenvalue weighted by Crippen LogP contribution is 2.19. The summed E-state index contributed by atoms with van der Waals surface area (Å²) in [4.78, 5) is 23.9. The van der Waals surface area contributed by atoms with Crippen LogP contribution in [0.25, 0.3) is 0 Å². The number of hydrogen-bond acceptors (Lipinski definition) is 4. The van der Waals surface area contributed by atoms with Crippen LogP contribution in [0, 0.1) is 0 Å². The normalized spacial score (nSPS) is 11.8. The van der Waals surface area contributed by atoms with Crippen molar-refractivity contribution in [1.29, 1.82) is 0 Å². The summed E-state index contributed by atoms with van der Waals surface area (Å²) in [6.07, 6.45) is -0.507. The van der Waals surface area contributed by atoms with Gasteiger partial charge in [0.1, 0.15) is 11.9 Å². The van der Waals surface area contributed by atoms with Gasteiger partial charge in [-0.3, -0.25) is 4.79 Å². The molecule has 0 heterocycles. The molecule has 1 atom stereocenters. The van der Waals surface area contributed by atoms with Gasteiger partial charge in [-0.2, -0.15) is 0 Å². The molecule has 0 fully saturated rings. The Labute approximate surface area is 117 Å². The van der Waals surface area contributed by atoms with Crippen molar-refractivity contribution in [3.8, 4) is 5.75 Å². The molecular weight excluding hydrogens is 262 g/mol. The first-order valence-corrected chi connectivity index (χ1v) is 6.29. The molecule has 110 valence electrons. The molecule has 6 heteroatoms. The van der Waals surface area contributed by atoms with Gasteiger partial charge in [0, 0.05) is 19.3 Å². The molecule has 1 amide bonds. The molecule has 0 aromatic heterocycles. The lowest BCUT2D eigenvalue weighted by molar-refractivity contribution is -0.139. The number of benzene rings is 1. The quantitative estimate of drug-likeness (QED) is 0.820. The van der Waals surface area contributed by atoms with Crippen LogP contribution in [0.3, 0.4) is 0 Å². The zero-order valence-electron chi connectivity index (χ0n) is 11.8. The maximum Gasteiger partial charge on any atom is 0.341 e. The fraction of sp³-hybridized carbons (Fsp3) is 0.429. The predicted octanol–water partition coefficient (Wildman–Crippen LogP) is 1.54. The molecule has 6 nitrogen and oxygen atoms in total. The number of aliphatic carboxylic acids is 1. The Hall–Kier alpha value is -2.08. The zero-order valence-corrected chi connectivity index (χ0v) is 11.8. The van der Waals surface area contributed by atoms with Crippen molar-refractivity contribution < 1.29 is 24.2 Å². The molecular formula is C14H19NO5. The Kier molecular flexibility index (Phi) is 5.99. The highest BCUT2D eigenvalue weighted by Gasteiger charge is 2.18. The first-order chi connectivity index (χ1) is 9.45. The number of amides is 1. The van der Waals surface area contributed by atoms with Crippen molar-refractivity contribution in [2.75, 3.05) is 25.2 Å². The fourth-order valence-electron chi connectivity index (χ4n) is 1.63. The van der Waals surface area contributed by atoms with Crippen molar-refractivity contribution in [1.82, 2.24) is 0 Å². The maximum atomic E-state index is 12.0. The minimum absolute atomic E-state index is 0.147. The van der Waals surface area contributed by atoms with E-state index in [1.165, 1.54) is 4.90 Å². The second-order valence-electron chi connectivity index (χ2n) is 4.17. The molecule has 20 heavy (non-hydrogen) atoms. The molecule has 1 aromatic carbocycles. The van der Waals surface area contributed by atoms with Gasteiger partial charge < -0.3 is 19.5 Å². The average molecular weight is 281 g/mol. The lowest BCUT2D eigenvalue weighted by Gasteiger charge is -2.21. The van der Waals surface area contributed by atoms with E-state index in [0.717, 1.165) is 0 Å². The number of anilines is 1. The molecule has 0 radical (unpaired) electrons.